The van der Waals surface area contributed by atoms with Gasteiger partial charge >= 0.3 is 5.97 Å². The average molecular weight is 536 g/mol. The Hall–Kier alpha value is -1.88. The molecular formula is C27H41N3O6S. The van der Waals surface area contributed by atoms with E-state index in [1.165, 1.54) is 6.08 Å². The zero-order valence-electron chi connectivity index (χ0n) is 22.0. The molecule has 4 aliphatic rings. The molecule has 206 valence electrons. The first-order valence-corrected chi connectivity index (χ1v) is 14.3. The molecule has 2 bridgehead atoms. The van der Waals surface area contributed by atoms with Crippen LogP contribution in [0.4, 0.5) is 0 Å². The van der Waals surface area contributed by atoms with Crippen molar-refractivity contribution in [2.24, 2.45) is 17.8 Å². The summed E-state index contributed by atoms with van der Waals surface area (Å²) in [6, 6.07) is -1.25. The van der Waals surface area contributed by atoms with Crippen molar-refractivity contribution in [3.63, 3.8) is 0 Å². The van der Waals surface area contributed by atoms with E-state index >= 15 is 0 Å². The number of hydrogen-bond acceptors (Lipinski definition) is 8. The van der Waals surface area contributed by atoms with Crippen molar-refractivity contribution in [3.05, 3.63) is 25.3 Å². The first-order chi connectivity index (χ1) is 17.8. The summed E-state index contributed by atoms with van der Waals surface area (Å²) in [4.78, 5) is 47.4. The van der Waals surface area contributed by atoms with E-state index in [-0.39, 0.29) is 36.2 Å². The van der Waals surface area contributed by atoms with Gasteiger partial charge < -0.3 is 24.4 Å². The van der Waals surface area contributed by atoms with Crippen molar-refractivity contribution < 1.29 is 29.0 Å². The van der Waals surface area contributed by atoms with E-state index in [0.29, 0.717) is 39.3 Å². The van der Waals surface area contributed by atoms with Crippen molar-refractivity contribution in [1.82, 2.24) is 14.7 Å². The highest BCUT2D eigenvalue weighted by Gasteiger charge is 2.77. The number of ether oxygens (including phenoxy) is 2. The fourth-order valence-corrected chi connectivity index (χ4v) is 9.15. The number of amides is 2. The minimum absolute atomic E-state index is 0.0554. The Morgan fingerprint density at radius 3 is 2.68 bits per heavy atom. The SMILES string of the molecule is C=CCOC(=O)[C@@H]1[C@@H]2CC(C)C3(S2)C(C(=O)N(CC=C)CCN2CCOCC2)N([C@@H](CC)CO)C(=O)[C@H]13. The van der Waals surface area contributed by atoms with Crippen LogP contribution >= 0.6 is 11.8 Å². The molecule has 0 saturated carbocycles. The van der Waals surface area contributed by atoms with Crippen LogP contribution in [0.25, 0.3) is 0 Å². The van der Waals surface area contributed by atoms with Crippen LogP contribution in [-0.4, -0.2) is 119 Å². The Morgan fingerprint density at radius 1 is 1.32 bits per heavy atom. The van der Waals surface area contributed by atoms with E-state index in [1.54, 1.807) is 27.6 Å². The number of carbonyl (C=O) groups excluding carboxylic acids is 3. The van der Waals surface area contributed by atoms with E-state index in [4.69, 9.17) is 9.47 Å². The third-order valence-electron chi connectivity index (χ3n) is 8.56. The second-order valence-corrected chi connectivity index (χ2v) is 12.0. The van der Waals surface area contributed by atoms with Crippen LogP contribution in [0, 0.1) is 17.8 Å². The summed E-state index contributed by atoms with van der Waals surface area (Å²) >= 11 is 1.62. The van der Waals surface area contributed by atoms with Crippen LogP contribution in [0.15, 0.2) is 25.3 Å². The van der Waals surface area contributed by atoms with Crippen molar-refractivity contribution >= 4 is 29.5 Å². The number of aliphatic hydroxyl groups excluding tert-OH is 1. The number of morpholine rings is 1. The van der Waals surface area contributed by atoms with Crippen molar-refractivity contribution in [2.45, 2.75) is 48.8 Å². The second-order valence-electron chi connectivity index (χ2n) is 10.5. The number of rotatable bonds is 12. The Morgan fingerprint density at radius 2 is 2.05 bits per heavy atom. The van der Waals surface area contributed by atoms with Crippen LogP contribution in [-0.2, 0) is 23.9 Å². The molecule has 4 aliphatic heterocycles. The Bertz CT molecular complexity index is 891. The summed E-state index contributed by atoms with van der Waals surface area (Å²) < 4.78 is 10.2. The number of carbonyl (C=O) groups is 3. The monoisotopic (exact) mass is 535 g/mol. The highest BCUT2D eigenvalue weighted by atomic mass is 32.2. The van der Waals surface area contributed by atoms with Gasteiger partial charge in [0.2, 0.25) is 11.8 Å². The van der Waals surface area contributed by atoms with E-state index in [2.05, 4.69) is 25.0 Å². The maximum absolute atomic E-state index is 14.4. The molecule has 0 aromatic carbocycles. The largest absolute Gasteiger partial charge is 0.461 e. The van der Waals surface area contributed by atoms with Crippen LogP contribution in [0.5, 0.6) is 0 Å². The molecule has 4 fully saturated rings. The minimum atomic E-state index is -0.756. The maximum atomic E-state index is 14.4. The number of thioether (sulfide) groups is 1. The molecule has 37 heavy (non-hydrogen) atoms. The van der Waals surface area contributed by atoms with Crippen LogP contribution in [0.1, 0.15) is 26.7 Å². The molecular weight excluding hydrogens is 494 g/mol. The Labute approximate surface area is 224 Å². The lowest BCUT2D eigenvalue weighted by Gasteiger charge is -2.42. The van der Waals surface area contributed by atoms with Gasteiger partial charge in [-0.05, 0) is 18.8 Å². The molecule has 0 aliphatic carbocycles. The first-order valence-electron chi connectivity index (χ1n) is 13.4. The lowest BCUT2D eigenvalue weighted by atomic mass is 9.66. The maximum Gasteiger partial charge on any atom is 0.311 e. The van der Waals surface area contributed by atoms with Gasteiger partial charge in [-0.1, -0.05) is 32.6 Å². The molecule has 1 spiro atoms. The molecule has 0 aromatic rings. The van der Waals surface area contributed by atoms with E-state index < -0.39 is 34.6 Å². The number of esters is 1. The van der Waals surface area contributed by atoms with Gasteiger partial charge in [0.1, 0.15) is 12.6 Å². The molecule has 0 radical (unpaired) electrons. The molecule has 10 heteroatoms. The molecule has 9 nitrogen and oxygen atoms in total. The minimum Gasteiger partial charge on any atom is -0.461 e. The third-order valence-corrected chi connectivity index (χ3v) is 10.6. The lowest BCUT2D eigenvalue weighted by Crippen LogP contribution is -2.59. The zero-order valence-corrected chi connectivity index (χ0v) is 22.9. The zero-order chi connectivity index (χ0) is 26.7. The highest BCUT2D eigenvalue weighted by molar-refractivity contribution is 8.02. The fourth-order valence-electron chi connectivity index (χ4n) is 6.76. The van der Waals surface area contributed by atoms with Gasteiger partial charge in [-0.2, -0.15) is 0 Å². The topological polar surface area (TPSA) is 99.6 Å². The standard InChI is InChI=1S/C27H41N3O6S/c1-5-8-29(10-9-28-11-14-35-15-12-28)25(33)23-27-18(4)16-20(37-27)21(26(34)36-13-6-2)22(27)24(32)30(23)19(7-3)17-31/h5-6,18-23,31H,1-2,7-17H2,3-4H3/t18?,19-,20-,21+,22-,23?,27?/m0/s1. The van der Waals surface area contributed by atoms with Crippen molar-refractivity contribution in [1.29, 1.82) is 0 Å². The number of fused-ring (bicyclic) bond motifs is 1. The summed E-state index contributed by atoms with van der Waals surface area (Å²) in [7, 11) is 0. The van der Waals surface area contributed by atoms with Gasteiger partial charge in [-0.3, -0.25) is 19.3 Å². The molecule has 2 amide bonds. The van der Waals surface area contributed by atoms with Crippen LogP contribution in [0.3, 0.4) is 0 Å². The van der Waals surface area contributed by atoms with Crippen LogP contribution < -0.4 is 0 Å². The predicted molar refractivity (Wildman–Crippen MR) is 142 cm³/mol. The predicted octanol–water partition coefficient (Wildman–Crippen LogP) is 1.17. The van der Waals surface area contributed by atoms with Crippen LogP contribution in [0.2, 0.25) is 0 Å². The molecule has 3 unspecified atom stereocenters. The highest BCUT2D eigenvalue weighted by Crippen LogP contribution is 2.69. The molecule has 7 atom stereocenters. The number of nitrogens with zero attached hydrogens (tertiary/aromatic N) is 3. The van der Waals surface area contributed by atoms with E-state index in [9.17, 15) is 19.5 Å². The Kier molecular flexibility index (Phi) is 9.04. The van der Waals surface area contributed by atoms with Gasteiger partial charge in [0.05, 0.1) is 42.4 Å². The van der Waals surface area contributed by atoms with E-state index in [0.717, 1.165) is 19.5 Å². The van der Waals surface area contributed by atoms with Gasteiger partial charge in [0, 0.05) is 38.0 Å². The number of aliphatic hydroxyl groups is 1. The normalized spacial score (nSPS) is 33.8. The number of likely N-dealkylation sites (tertiary alicyclic amines) is 1. The summed E-state index contributed by atoms with van der Waals surface area (Å²) in [6.07, 6.45) is 4.49. The number of hydrogen-bond donors (Lipinski definition) is 1. The molecule has 0 aromatic heterocycles. The molecule has 4 rings (SSSR count). The Balaban J connectivity index is 1.69. The molecule has 4 heterocycles. The fraction of sp³-hybridized carbons (Fsp3) is 0.741. The molecule has 1 N–H and O–H groups in total. The first kappa shape index (κ1) is 28.1. The summed E-state index contributed by atoms with van der Waals surface area (Å²) in [5, 5.41) is 10.2. The second kappa shape index (κ2) is 11.9. The summed E-state index contributed by atoms with van der Waals surface area (Å²) in [5.41, 5.74) is 0. The van der Waals surface area contributed by atoms with Crippen molar-refractivity contribution in [2.75, 3.05) is 59.2 Å². The van der Waals surface area contributed by atoms with Gasteiger partial charge in [0.15, 0.2) is 0 Å². The summed E-state index contributed by atoms with van der Waals surface area (Å²) in [5.74, 6) is -1.94. The quantitative estimate of drug-likeness (QED) is 0.294. The smallest absolute Gasteiger partial charge is 0.311 e. The van der Waals surface area contributed by atoms with Gasteiger partial charge in [0.25, 0.3) is 0 Å². The van der Waals surface area contributed by atoms with Gasteiger partial charge in [-0.25, -0.2) is 0 Å². The van der Waals surface area contributed by atoms with E-state index in [1.807, 2.05) is 6.92 Å². The third kappa shape index (κ3) is 4.86. The lowest BCUT2D eigenvalue weighted by molar-refractivity contribution is -0.154. The molecule has 4 saturated heterocycles. The summed E-state index contributed by atoms with van der Waals surface area (Å²) in [6.45, 7) is 15.9. The van der Waals surface area contributed by atoms with Crippen molar-refractivity contribution in [3.8, 4) is 0 Å². The average Bonchev–Trinajstić information content (AvgIpc) is 3.50. The van der Waals surface area contributed by atoms with Gasteiger partial charge in [-0.15, -0.1) is 18.3 Å².